The Balaban J connectivity index is 1.24. The Hall–Kier alpha value is -7.74. The fourth-order valence-corrected chi connectivity index (χ4v) is 9.75. The molecule has 0 fully saturated rings. The van der Waals surface area contributed by atoms with Crippen LogP contribution in [-0.4, -0.2) is 0 Å². The predicted molar refractivity (Wildman–Crippen MR) is 252 cm³/mol. The molecule has 10 aromatic rings. The summed E-state index contributed by atoms with van der Waals surface area (Å²) in [6.07, 6.45) is 0. The SMILES string of the molecule is c1ccc(-c2ccccc2-c2c(-c3ccccc3)cccc2N(c2ccc3c(c2)C(c2ccccc2)(c2ccccc2)c2ccccc2-3)c2ccc3ccccc3c2)cc1. The maximum Gasteiger partial charge on any atom is 0.0714 e. The fraction of sp³-hybridized carbons (Fsp3) is 0.0169. The number of hydrogen-bond acceptors (Lipinski definition) is 1. The number of rotatable bonds is 8. The Labute approximate surface area is 352 Å². The molecule has 0 N–H and O–H groups in total. The molecule has 0 aliphatic heterocycles. The highest BCUT2D eigenvalue weighted by molar-refractivity contribution is 6.02. The van der Waals surface area contributed by atoms with E-state index in [1.54, 1.807) is 0 Å². The highest BCUT2D eigenvalue weighted by atomic mass is 15.1. The number of anilines is 3. The molecular weight excluding hydrogens is 723 g/mol. The smallest absolute Gasteiger partial charge is 0.0714 e. The van der Waals surface area contributed by atoms with Gasteiger partial charge in [-0.3, -0.25) is 0 Å². The lowest BCUT2D eigenvalue weighted by Gasteiger charge is -2.35. The maximum atomic E-state index is 2.50. The van der Waals surface area contributed by atoms with Crippen molar-refractivity contribution in [3.8, 4) is 44.5 Å². The molecule has 0 spiro atoms. The lowest BCUT2D eigenvalue weighted by Crippen LogP contribution is -2.28. The summed E-state index contributed by atoms with van der Waals surface area (Å²) < 4.78 is 0. The standard InChI is InChI=1S/C59H41N/c1-5-21-43(22-6-1)50-30-15-16-32-54(50)58-51(44-23-7-2-8-24-44)33-19-35-57(58)60(48-37-36-42-20-13-14-25-45(42)40-48)49-38-39-53-52-31-17-18-34-55(52)59(56(53)41-49,46-26-9-3-10-27-46)47-28-11-4-12-29-47/h1-41H. The van der Waals surface area contributed by atoms with Gasteiger partial charge in [0.25, 0.3) is 0 Å². The number of fused-ring (bicyclic) bond motifs is 4. The first-order valence-corrected chi connectivity index (χ1v) is 20.8. The maximum absolute atomic E-state index is 2.50. The third-order valence-electron chi connectivity index (χ3n) is 12.3. The molecule has 1 aliphatic rings. The Morgan fingerprint density at radius 2 is 0.767 bits per heavy atom. The van der Waals surface area contributed by atoms with Crippen molar-refractivity contribution in [3.05, 3.63) is 271 Å². The van der Waals surface area contributed by atoms with Crippen molar-refractivity contribution in [2.45, 2.75) is 5.41 Å². The third kappa shape index (κ3) is 5.78. The molecule has 0 saturated heterocycles. The zero-order chi connectivity index (χ0) is 39.9. The van der Waals surface area contributed by atoms with Gasteiger partial charge in [-0.1, -0.05) is 218 Å². The lowest BCUT2D eigenvalue weighted by atomic mass is 9.67. The second kappa shape index (κ2) is 14.9. The van der Waals surface area contributed by atoms with Crippen LogP contribution in [0.1, 0.15) is 22.3 Å². The molecule has 0 bridgehead atoms. The molecule has 1 aliphatic carbocycles. The Morgan fingerprint density at radius 1 is 0.283 bits per heavy atom. The molecular formula is C59H41N. The van der Waals surface area contributed by atoms with Gasteiger partial charge < -0.3 is 4.90 Å². The second-order valence-electron chi connectivity index (χ2n) is 15.6. The highest BCUT2D eigenvalue weighted by Crippen LogP contribution is 2.58. The van der Waals surface area contributed by atoms with Gasteiger partial charge in [0.15, 0.2) is 0 Å². The summed E-state index contributed by atoms with van der Waals surface area (Å²) in [4.78, 5) is 2.50. The molecule has 10 aromatic carbocycles. The summed E-state index contributed by atoms with van der Waals surface area (Å²) in [5, 5.41) is 2.41. The van der Waals surface area contributed by atoms with Crippen molar-refractivity contribution in [1.29, 1.82) is 0 Å². The van der Waals surface area contributed by atoms with Crippen molar-refractivity contribution in [2.75, 3.05) is 4.90 Å². The molecule has 1 nitrogen and oxygen atoms in total. The van der Waals surface area contributed by atoms with E-state index in [-0.39, 0.29) is 0 Å². The van der Waals surface area contributed by atoms with E-state index in [1.807, 2.05) is 0 Å². The van der Waals surface area contributed by atoms with E-state index in [0.29, 0.717) is 0 Å². The fourth-order valence-electron chi connectivity index (χ4n) is 9.75. The molecule has 282 valence electrons. The Morgan fingerprint density at radius 3 is 1.45 bits per heavy atom. The lowest BCUT2D eigenvalue weighted by molar-refractivity contribution is 0.768. The van der Waals surface area contributed by atoms with E-state index < -0.39 is 5.41 Å². The average Bonchev–Trinajstić information content (AvgIpc) is 3.63. The molecule has 0 radical (unpaired) electrons. The molecule has 0 amide bonds. The van der Waals surface area contributed by atoms with Crippen LogP contribution in [0.3, 0.4) is 0 Å². The molecule has 0 saturated carbocycles. The highest BCUT2D eigenvalue weighted by Gasteiger charge is 2.46. The minimum absolute atomic E-state index is 0.534. The molecule has 0 aromatic heterocycles. The van der Waals surface area contributed by atoms with Gasteiger partial charge in [0.05, 0.1) is 11.1 Å². The van der Waals surface area contributed by atoms with Crippen LogP contribution in [0.4, 0.5) is 17.1 Å². The Bertz CT molecular complexity index is 3090. The van der Waals surface area contributed by atoms with E-state index in [1.165, 1.54) is 77.5 Å². The number of benzene rings is 10. The monoisotopic (exact) mass is 763 g/mol. The van der Waals surface area contributed by atoms with Gasteiger partial charge in [0.2, 0.25) is 0 Å². The van der Waals surface area contributed by atoms with Gasteiger partial charge in [-0.15, -0.1) is 0 Å². The summed E-state index contributed by atoms with van der Waals surface area (Å²) in [6, 6.07) is 91.2. The zero-order valence-corrected chi connectivity index (χ0v) is 33.1. The number of nitrogens with zero attached hydrogens (tertiary/aromatic N) is 1. The van der Waals surface area contributed by atoms with Crippen LogP contribution in [0.2, 0.25) is 0 Å². The second-order valence-corrected chi connectivity index (χ2v) is 15.6. The normalized spacial score (nSPS) is 12.5. The third-order valence-corrected chi connectivity index (χ3v) is 12.3. The summed E-state index contributed by atoms with van der Waals surface area (Å²) in [7, 11) is 0. The van der Waals surface area contributed by atoms with Gasteiger partial charge in [-0.05, 0) is 102 Å². The molecule has 0 heterocycles. The van der Waals surface area contributed by atoms with Crippen LogP contribution in [-0.2, 0) is 5.41 Å². The van der Waals surface area contributed by atoms with Crippen LogP contribution < -0.4 is 4.90 Å². The van der Waals surface area contributed by atoms with Crippen molar-refractivity contribution in [1.82, 2.24) is 0 Å². The van der Waals surface area contributed by atoms with Crippen LogP contribution in [0.5, 0.6) is 0 Å². The molecule has 60 heavy (non-hydrogen) atoms. The van der Waals surface area contributed by atoms with Crippen molar-refractivity contribution in [2.24, 2.45) is 0 Å². The quantitative estimate of drug-likeness (QED) is 0.149. The predicted octanol–water partition coefficient (Wildman–Crippen LogP) is 15.7. The first-order valence-electron chi connectivity index (χ1n) is 20.8. The van der Waals surface area contributed by atoms with E-state index in [2.05, 4.69) is 254 Å². The van der Waals surface area contributed by atoms with E-state index >= 15 is 0 Å². The molecule has 0 atom stereocenters. The van der Waals surface area contributed by atoms with Crippen LogP contribution in [0, 0.1) is 0 Å². The van der Waals surface area contributed by atoms with Gasteiger partial charge in [0.1, 0.15) is 0 Å². The summed E-state index contributed by atoms with van der Waals surface area (Å²) in [5.41, 5.74) is 17.5. The van der Waals surface area contributed by atoms with E-state index in [0.717, 1.165) is 17.1 Å². The van der Waals surface area contributed by atoms with Crippen molar-refractivity contribution < 1.29 is 0 Å². The summed E-state index contributed by atoms with van der Waals surface area (Å²) in [6.45, 7) is 0. The first kappa shape index (κ1) is 35.4. The Kier molecular flexibility index (Phi) is 8.79. The summed E-state index contributed by atoms with van der Waals surface area (Å²) >= 11 is 0. The van der Waals surface area contributed by atoms with Crippen molar-refractivity contribution >= 4 is 27.8 Å². The van der Waals surface area contributed by atoms with Gasteiger partial charge >= 0.3 is 0 Å². The average molecular weight is 764 g/mol. The molecule has 11 rings (SSSR count). The topological polar surface area (TPSA) is 3.24 Å². The first-order chi connectivity index (χ1) is 29.8. The van der Waals surface area contributed by atoms with Crippen LogP contribution in [0.25, 0.3) is 55.3 Å². The summed E-state index contributed by atoms with van der Waals surface area (Å²) in [5.74, 6) is 0. The van der Waals surface area contributed by atoms with Crippen LogP contribution in [0.15, 0.2) is 249 Å². The van der Waals surface area contributed by atoms with Gasteiger partial charge in [-0.25, -0.2) is 0 Å². The number of hydrogen-bond donors (Lipinski definition) is 0. The molecule has 0 unspecified atom stereocenters. The van der Waals surface area contributed by atoms with Crippen LogP contribution >= 0.6 is 0 Å². The van der Waals surface area contributed by atoms with Gasteiger partial charge in [-0.2, -0.15) is 0 Å². The zero-order valence-electron chi connectivity index (χ0n) is 33.1. The van der Waals surface area contributed by atoms with E-state index in [9.17, 15) is 0 Å². The minimum Gasteiger partial charge on any atom is -0.310 e. The van der Waals surface area contributed by atoms with E-state index in [4.69, 9.17) is 0 Å². The van der Waals surface area contributed by atoms with Crippen molar-refractivity contribution in [3.63, 3.8) is 0 Å². The minimum atomic E-state index is -0.534. The molecule has 1 heteroatoms. The largest absolute Gasteiger partial charge is 0.310 e. The van der Waals surface area contributed by atoms with Gasteiger partial charge in [0, 0.05) is 16.9 Å².